The molecule has 1 N–H and O–H groups in total. The first-order valence-corrected chi connectivity index (χ1v) is 7.60. The molecule has 5 heteroatoms. The Kier molecular flexibility index (Phi) is 6.08. The second kappa shape index (κ2) is 7.82. The Hall–Kier alpha value is -1.04. The van der Waals surface area contributed by atoms with Gasteiger partial charge in [-0.25, -0.2) is 8.78 Å². The van der Waals surface area contributed by atoms with Gasteiger partial charge >= 0.3 is 0 Å². The minimum atomic E-state index is -0.787. The zero-order valence-corrected chi connectivity index (χ0v) is 12.7. The molecule has 1 saturated heterocycles. The Balaban J connectivity index is 1.95. The molecule has 1 fully saturated rings. The number of hydrogen-bond acceptors (Lipinski definition) is 3. The maximum Gasteiger partial charge on any atom is 0.163 e. The highest BCUT2D eigenvalue weighted by molar-refractivity contribution is 5.22. The van der Waals surface area contributed by atoms with Crippen molar-refractivity contribution in [1.29, 1.82) is 0 Å². The molecular formula is C16H24F2N2O. The zero-order valence-electron chi connectivity index (χ0n) is 12.7. The van der Waals surface area contributed by atoms with Crippen LogP contribution in [0.2, 0.25) is 0 Å². The fourth-order valence-corrected chi connectivity index (χ4v) is 2.79. The topological polar surface area (TPSA) is 24.5 Å². The predicted molar refractivity (Wildman–Crippen MR) is 79.2 cm³/mol. The Morgan fingerprint density at radius 1 is 1.43 bits per heavy atom. The highest BCUT2D eigenvalue weighted by Gasteiger charge is 2.21. The molecule has 0 amide bonds. The van der Waals surface area contributed by atoms with Gasteiger partial charge in [0.2, 0.25) is 0 Å². The number of halogens is 2. The average Bonchev–Trinajstić information content (AvgIpc) is 2.52. The second-order valence-electron chi connectivity index (χ2n) is 5.47. The monoisotopic (exact) mass is 298 g/mol. The number of nitrogens with one attached hydrogen (secondary N) is 1. The van der Waals surface area contributed by atoms with E-state index in [-0.39, 0.29) is 12.1 Å². The van der Waals surface area contributed by atoms with Crippen LogP contribution in [-0.2, 0) is 4.74 Å². The molecule has 0 saturated carbocycles. The van der Waals surface area contributed by atoms with Crippen molar-refractivity contribution < 1.29 is 13.5 Å². The van der Waals surface area contributed by atoms with E-state index in [0.29, 0.717) is 5.56 Å². The summed E-state index contributed by atoms with van der Waals surface area (Å²) in [6, 6.07) is 4.18. The molecule has 1 aliphatic rings. The molecule has 0 spiro atoms. The maximum absolute atomic E-state index is 13.9. The second-order valence-corrected chi connectivity index (χ2v) is 5.47. The summed E-state index contributed by atoms with van der Waals surface area (Å²) in [6.07, 6.45) is 2.04. The molecule has 1 aliphatic heterocycles. The lowest BCUT2D eigenvalue weighted by Gasteiger charge is -2.33. The molecular weight excluding hydrogens is 274 g/mol. The van der Waals surface area contributed by atoms with Crippen LogP contribution in [0, 0.1) is 11.6 Å². The Bertz CT molecular complexity index is 456. The van der Waals surface area contributed by atoms with E-state index in [4.69, 9.17) is 4.74 Å². The third kappa shape index (κ3) is 4.22. The highest BCUT2D eigenvalue weighted by Crippen LogP contribution is 2.22. The van der Waals surface area contributed by atoms with Gasteiger partial charge in [0, 0.05) is 31.2 Å². The van der Waals surface area contributed by atoms with E-state index in [1.165, 1.54) is 0 Å². The van der Waals surface area contributed by atoms with Crippen LogP contribution < -0.4 is 5.32 Å². The summed E-state index contributed by atoms with van der Waals surface area (Å²) in [6.45, 7) is 5.53. The van der Waals surface area contributed by atoms with E-state index in [1.54, 1.807) is 19.2 Å². The summed E-state index contributed by atoms with van der Waals surface area (Å²) in [5, 5.41) is 3.09. The molecule has 1 aromatic rings. The SMILES string of the molecule is CCC1CN(CCC(NC)c2cccc(F)c2F)CCO1. The highest BCUT2D eigenvalue weighted by atomic mass is 19.2. The third-order valence-corrected chi connectivity index (χ3v) is 4.12. The Morgan fingerprint density at radius 2 is 2.24 bits per heavy atom. The smallest absolute Gasteiger partial charge is 0.163 e. The Morgan fingerprint density at radius 3 is 2.95 bits per heavy atom. The Labute approximate surface area is 125 Å². The first kappa shape index (κ1) is 16.3. The number of morpholine rings is 1. The van der Waals surface area contributed by atoms with Gasteiger partial charge in [-0.2, -0.15) is 0 Å². The van der Waals surface area contributed by atoms with Crippen LogP contribution in [-0.4, -0.2) is 44.3 Å². The summed E-state index contributed by atoms with van der Waals surface area (Å²) >= 11 is 0. The van der Waals surface area contributed by atoms with Crippen molar-refractivity contribution in [3.63, 3.8) is 0 Å². The van der Waals surface area contributed by atoms with Crippen LogP contribution >= 0.6 is 0 Å². The molecule has 118 valence electrons. The van der Waals surface area contributed by atoms with Crippen molar-refractivity contribution in [2.24, 2.45) is 0 Å². The van der Waals surface area contributed by atoms with Gasteiger partial charge in [0.15, 0.2) is 11.6 Å². The van der Waals surface area contributed by atoms with Crippen molar-refractivity contribution in [3.05, 3.63) is 35.4 Å². The van der Waals surface area contributed by atoms with Gasteiger partial charge in [0.05, 0.1) is 12.7 Å². The lowest BCUT2D eigenvalue weighted by atomic mass is 10.0. The zero-order chi connectivity index (χ0) is 15.2. The van der Waals surface area contributed by atoms with E-state index in [9.17, 15) is 8.78 Å². The largest absolute Gasteiger partial charge is 0.376 e. The predicted octanol–water partition coefficient (Wildman–Crippen LogP) is 2.73. The molecule has 2 unspecified atom stereocenters. The molecule has 2 rings (SSSR count). The van der Waals surface area contributed by atoms with E-state index >= 15 is 0 Å². The van der Waals surface area contributed by atoms with Gasteiger partial charge in [0.25, 0.3) is 0 Å². The van der Waals surface area contributed by atoms with E-state index < -0.39 is 11.6 Å². The molecule has 3 nitrogen and oxygen atoms in total. The number of ether oxygens (including phenoxy) is 1. The summed E-state index contributed by atoms with van der Waals surface area (Å²) in [4.78, 5) is 2.33. The molecule has 1 aromatic carbocycles. The molecule has 1 heterocycles. The van der Waals surface area contributed by atoms with Crippen LogP contribution in [0.15, 0.2) is 18.2 Å². The third-order valence-electron chi connectivity index (χ3n) is 4.12. The van der Waals surface area contributed by atoms with Gasteiger partial charge in [0.1, 0.15) is 0 Å². The van der Waals surface area contributed by atoms with Crippen LogP contribution in [0.5, 0.6) is 0 Å². The van der Waals surface area contributed by atoms with Crippen molar-refractivity contribution in [1.82, 2.24) is 10.2 Å². The van der Waals surface area contributed by atoms with Crippen LogP contribution in [0.3, 0.4) is 0 Å². The van der Waals surface area contributed by atoms with Crippen molar-refractivity contribution >= 4 is 0 Å². The minimum Gasteiger partial charge on any atom is -0.376 e. The van der Waals surface area contributed by atoms with Gasteiger partial charge in [-0.15, -0.1) is 0 Å². The van der Waals surface area contributed by atoms with E-state index in [1.807, 2.05) is 0 Å². The standard InChI is InChI=1S/C16H24F2N2O/c1-3-12-11-20(9-10-21-12)8-7-15(19-2)13-5-4-6-14(17)16(13)18/h4-6,12,15,19H,3,7-11H2,1-2H3. The molecule has 0 aromatic heterocycles. The number of hydrogen-bond donors (Lipinski definition) is 1. The van der Waals surface area contributed by atoms with Crippen molar-refractivity contribution in [3.8, 4) is 0 Å². The number of nitrogens with zero attached hydrogens (tertiary/aromatic N) is 1. The maximum atomic E-state index is 13.9. The first-order chi connectivity index (χ1) is 10.2. The van der Waals surface area contributed by atoms with Crippen molar-refractivity contribution in [2.45, 2.75) is 31.9 Å². The van der Waals surface area contributed by atoms with E-state index in [0.717, 1.165) is 45.1 Å². The number of rotatable bonds is 6. The minimum absolute atomic E-state index is 0.177. The average molecular weight is 298 g/mol. The number of benzene rings is 1. The van der Waals surface area contributed by atoms with Gasteiger partial charge in [-0.1, -0.05) is 19.1 Å². The van der Waals surface area contributed by atoms with Crippen LogP contribution in [0.25, 0.3) is 0 Å². The summed E-state index contributed by atoms with van der Waals surface area (Å²) < 4.78 is 32.9. The molecule has 0 aliphatic carbocycles. The summed E-state index contributed by atoms with van der Waals surface area (Å²) in [5.74, 6) is -1.53. The van der Waals surface area contributed by atoms with Crippen molar-refractivity contribution in [2.75, 3.05) is 33.3 Å². The molecule has 0 bridgehead atoms. The summed E-state index contributed by atoms with van der Waals surface area (Å²) in [7, 11) is 1.78. The van der Waals surface area contributed by atoms with Crippen LogP contribution in [0.4, 0.5) is 8.78 Å². The quantitative estimate of drug-likeness (QED) is 0.874. The van der Waals surface area contributed by atoms with Gasteiger partial charge in [-0.3, -0.25) is 4.90 Å². The first-order valence-electron chi connectivity index (χ1n) is 7.60. The lowest BCUT2D eigenvalue weighted by Crippen LogP contribution is -2.43. The normalized spacial score (nSPS) is 21.4. The molecule has 2 atom stereocenters. The van der Waals surface area contributed by atoms with Gasteiger partial charge < -0.3 is 10.1 Å². The fourth-order valence-electron chi connectivity index (χ4n) is 2.79. The van der Waals surface area contributed by atoms with Crippen LogP contribution in [0.1, 0.15) is 31.4 Å². The molecule has 0 radical (unpaired) electrons. The summed E-state index contributed by atoms with van der Waals surface area (Å²) in [5.41, 5.74) is 0.401. The molecule has 21 heavy (non-hydrogen) atoms. The van der Waals surface area contributed by atoms with Gasteiger partial charge in [-0.05, 0) is 26.0 Å². The van der Waals surface area contributed by atoms with E-state index in [2.05, 4.69) is 17.1 Å². The lowest BCUT2D eigenvalue weighted by molar-refractivity contribution is -0.0305. The fraction of sp³-hybridized carbons (Fsp3) is 0.625.